The summed E-state index contributed by atoms with van der Waals surface area (Å²) in [4.78, 5) is 12.0. The van der Waals surface area contributed by atoms with Gasteiger partial charge in [-0.05, 0) is 62.8 Å². The SMILES string of the molecule is CCOC(=O)C1=CCc2cc(C#CC34OC3(C)CCCC4(C)C)ccc21. The van der Waals surface area contributed by atoms with Gasteiger partial charge in [-0.1, -0.05) is 37.8 Å². The minimum atomic E-state index is -0.328. The van der Waals surface area contributed by atoms with Crippen molar-refractivity contribution in [3.8, 4) is 11.8 Å². The van der Waals surface area contributed by atoms with E-state index >= 15 is 0 Å². The summed E-state index contributed by atoms with van der Waals surface area (Å²) in [7, 11) is 0. The first kappa shape index (κ1) is 17.4. The molecule has 0 bridgehead atoms. The highest BCUT2D eigenvalue weighted by Gasteiger charge is 2.74. The molecule has 2 atom stereocenters. The van der Waals surface area contributed by atoms with Gasteiger partial charge in [-0.15, -0.1) is 0 Å². The Bertz CT molecular complexity index is 867. The molecule has 0 radical (unpaired) electrons. The number of carbonyl (C=O) groups excluding carboxylic acids is 1. The summed E-state index contributed by atoms with van der Waals surface area (Å²) in [6, 6.07) is 6.08. The molecule has 0 aromatic heterocycles. The van der Waals surface area contributed by atoms with Gasteiger partial charge >= 0.3 is 5.97 Å². The van der Waals surface area contributed by atoms with Crippen molar-refractivity contribution in [2.24, 2.45) is 5.41 Å². The Hall–Kier alpha value is -2.05. The molecule has 136 valence electrons. The predicted molar refractivity (Wildman–Crippen MR) is 101 cm³/mol. The molecule has 2 unspecified atom stereocenters. The molecule has 0 amide bonds. The highest BCUT2D eigenvalue weighted by molar-refractivity contribution is 6.18. The van der Waals surface area contributed by atoms with Gasteiger partial charge in [0.2, 0.25) is 0 Å². The molecule has 26 heavy (non-hydrogen) atoms. The van der Waals surface area contributed by atoms with E-state index in [9.17, 15) is 4.79 Å². The number of esters is 1. The molecule has 2 aliphatic carbocycles. The second-order valence-electron chi connectivity index (χ2n) is 8.42. The number of rotatable bonds is 2. The lowest BCUT2D eigenvalue weighted by molar-refractivity contribution is -0.136. The van der Waals surface area contributed by atoms with Gasteiger partial charge in [-0.2, -0.15) is 0 Å². The zero-order valence-corrected chi connectivity index (χ0v) is 16.1. The van der Waals surface area contributed by atoms with E-state index in [4.69, 9.17) is 9.47 Å². The molecule has 1 saturated carbocycles. The van der Waals surface area contributed by atoms with Crippen LogP contribution in [0.2, 0.25) is 0 Å². The monoisotopic (exact) mass is 350 g/mol. The van der Waals surface area contributed by atoms with E-state index < -0.39 is 0 Å². The topological polar surface area (TPSA) is 38.8 Å². The fraction of sp³-hybridized carbons (Fsp3) is 0.522. The zero-order valence-electron chi connectivity index (χ0n) is 16.1. The van der Waals surface area contributed by atoms with Crippen LogP contribution in [-0.2, 0) is 20.7 Å². The lowest BCUT2D eigenvalue weighted by Gasteiger charge is -2.34. The summed E-state index contributed by atoms with van der Waals surface area (Å²) in [6.07, 6.45) is 6.14. The van der Waals surface area contributed by atoms with Gasteiger partial charge in [0.1, 0.15) is 5.60 Å². The molecule has 1 aliphatic heterocycles. The first-order valence-corrected chi connectivity index (χ1v) is 9.56. The molecule has 3 nitrogen and oxygen atoms in total. The van der Waals surface area contributed by atoms with E-state index in [2.05, 4.69) is 38.7 Å². The molecular weight excluding hydrogens is 324 g/mol. The van der Waals surface area contributed by atoms with E-state index in [1.54, 1.807) is 0 Å². The van der Waals surface area contributed by atoms with Gasteiger partial charge in [0, 0.05) is 11.0 Å². The maximum Gasteiger partial charge on any atom is 0.338 e. The molecular formula is C23H26O3. The Balaban J connectivity index is 1.60. The average Bonchev–Trinajstić information content (AvgIpc) is 3.02. The van der Waals surface area contributed by atoms with Crippen molar-refractivity contribution < 1.29 is 14.3 Å². The van der Waals surface area contributed by atoms with Gasteiger partial charge < -0.3 is 9.47 Å². The number of hydrogen-bond acceptors (Lipinski definition) is 3. The minimum Gasteiger partial charge on any atom is -0.462 e. The minimum absolute atomic E-state index is 0.0718. The van der Waals surface area contributed by atoms with E-state index in [0.717, 1.165) is 36.0 Å². The van der Waals surface area contributed by atoms with Crippen LogP contribution < -0.4 is 0 Å². The summed E-state index contributed by atoms with van der Waals surface area (Å²) >= 11 is 0. The molecule has 2 fully saturated rings. The van der Waals surface area contributed by atoms with Gasteiger partial charge in [-0.25, -0.2) is 4.79 Å². The van der Waals surface area contributed by atoms with Crippen molar-refractivity contribution in [1.29, 1.82) is 0 Å². The summed E-state index contributed by atoms with van der Waals surface area (Å²) in [6.45, 7) is 8.95. The predicted octanol–water partition coefficient (Wildman–Crippen LogP) is 4.28. The standard InChI is InChI=1S/C23H26O3/c1-5-25-20(24)19-10-8-17-15-16(7-9-18(17)19)11-14-23-21(2,3)12-6-13-22(23,4)26-23/h7,9-10,15H,5-6,8,12-13H2,1-4H3. The van der Waals surface area contributed by atoms with E-state index in [-0.39, 0.29) is 22.6 Å². The summed E-state index contributed by atoms with van der Waals surface area (Å²) in [5.41, 5.74) is 3.41. The van der Waals surface area contributed by atoms with E-state index in [0.29, 0.717) is 12.2 Å². The molecule has 3 heteroatoms. The molecule has 1 aromatic carbocycles. The van der Waals surface area contributed by atoms with Gasteiger partial charge in [0.25, 0.3) is 0 Å². The fourth-order valence-corrected chi connectivity index (χ4v) is 4.75. The number of benzene rings is 1. The molecule has 4 rings (SSSR count). The quantitative estimate of drug-likeness (QED) is 0.454. The van der Waals surface area contributed by atoms with E-state index in [1.165, 1.54) is 6.42 Å². The number of fused-ring (bicyclic) bond motifs is 2. The second kappa shape index (κ2) is 5.72. The highest BCUT2D eigenvalue weighted by Crippen LogP contribution is 2.64. The molecule has 0 N–H and O–H groups in total. The third-order valence-electron chi connectivity index (χ3n) is 6.29. The summed E-state index contributed by atoms with van der Waals surface area (Å²) < 4.78 is 11.4. The van der Waals surface area contributed by atoms with Crippen molar-refractivity contribution >= 4 is 11.5 Å². The van der Waals surface area contributed by atoms with Crippen molar-refractivity contribution in [2.45, 2.75) is 64.6 Å². The molecule has 1 aromatic rings. The van der Waals surface area contributed by atoms with Crippen LogP contribution >= 0.6 is 0 Å². The van der Waals surface area contributed by atoms with Crippen molar-refractivity contribution in [1.82, 2.24) is 0 Å². The third-order valence-corrected chi connectivity index (χ3v) is 6.29. The van der Waals surface area contributed by atoms with Gasteiger partial charge in [0.05, 0.1) is 12.2 Å². The molecule has 1 saturated heterocycles. The Morgan fingerprint density at radius 1 is 1.27 bits per heavy atom. The number of epoxide rings is 1. The van der Waals surface area contributed by atoms with Crippen LogP contribution in [0.1, 0.15) is 63.6 Å². The number of allylic oxidation sites excluding steroid dienone is 1. The van der Waals surface area contributed by atoms with E-state index in [1.807, 2.05) is 25.1 Å². The number of hydrogen-bond donors (Lipinski definition) is 0. The first-order valence-electron chi connectivity index (χ1n) is 9.56. The maximum atomic E-state index is 12.0. The zero-order chi connectivity index (χ0) is 18.6. The molecule has 0 spiro atoms. The lowest BCUT2D eigenvalue weighted by atomic mass is 9.64. The summed E-state index contributed by atoms with van der Waals surface area (Å²) in [5.74, 6) is 6.61. The van der Waals surface area contributed by atoms with Crippen LogP contribution in [0, 0.1) is 17.3 Å². The Morgan fingerprint density at radius 2 is 2.08 bits per heavy atom. The van der Waals surface area contributed by atoms with Crippen LogP contribution in [-0.4, -0.2) is 23.8 Å². The first-order chi connectivity index (χ1) is 12.3. The van der Waals surface area contributed by atoms with Crippen molar-refractivity contribution in [3.63, 3.8) is 0 Å². The van der Waals surface area contributed by atoms with Gasteiger partial charge in [-0.3, -0.25) is 0 Å². The molecule has 3 aliphatic rings. The summed E-state index contributed by atoms with van der Waals surface area (Å²) in [5, 5.41) is 0. The Morgan fingerprint density at radius 3 is 2.81 bits per heavy atom. The van der Waals surface area contributed by atoms with Crippen molar-refractivity contribution in [2.75, 3.05) is 6.61 Å². The van der Waals surface area contributed by atoms with Crippen LogP contribution in [0.25, 0.3) is 5.57 Å². The van der Waals surface area contributed by atoms with Crippen molar-refractivity contribution in [3.05, 3.63) is 41.0 Å². The molecule has 1 heterocycles. The van der Waals surface area contributed by atoms with Crippen LogP contribution in [0.4, 0.5) is 0 Å². The number of ether oxygens (including phenoxy) is 2. The third kappa shape index (κ3) is 2.43. The maximum absolute atomic E-state index is 12.0. The Labute approximate surface area is 155 Å². The fourth-order valence-electron chi connectivity index (χ4n) is 4.75. The highest BCUT2D eigenvalue weighted by atomic mass is 16.6. The number of carbonyl (C=O) groups is 1. The van der Waals surface area contributed by atoms with Crippen LogP contribution in [0.15, 0.2) is 24.3 Å². The van der Waals surface area contributed by atoms with Crippen LogP contribution in [0.3, 0.4) is 0 Å². The smallest absolute Gasteiger partial charge is 0.338 e. The van der Waals surface area contributed by atoms with Crippen LogP contribution in [0.5, 0.6) is 0 Å². The normalized spacial score (nSPS) is 30.4. The second-order valence-corrected chi connectivity index (χ2v) is 8.42. The average molecular weight is 350 g/mol. The lowest BCUT2D eigenvalue weighted by Crippen LogP contribution is -2.41. The van der Waals surface area contributed by atoms with Gasteiger partial charge in [0.15, 0.2) is 5.60 Å². The largest absolute Gasteiger partial charge is 0.462 e. The Kier molecular flexibility index (Phi) is 3.82.